The van der Waals surface area contributed by atoms with Crippen LogP contribution in [0.3, 0.4) is 0 Å². The maximum atomic E-state index is 6.13. The number of benzene rings is 4. The van der Waals surface area contributed by atoms with Gasteiger partial charge in [-0.15, -0.1) is 17.7 Å². The van der Waals surface area contributed by atoms with Crippen molar-refractivity contribution in [1.29, 1.82) is 0 Å². The van der Waals surface area contributed by atoms with E-state index < -0.39 is 13.3 Å². The van der Waals surface area contributed by atoms with Crippen molar-refractivity contribution in [3.05, 3.63) is 139 Å². The molecule has 8 rings (SSSR count). The predicted octanol–water partition coefficient (Wildman–Crippen LogP) is 10.9. The predicted molar refractivity (Wildman–Crippen MR) is 198 cm³/mol. The minimum atomic E-state index is -1.87. The Labute approximate surface area is 300 Å². The van der Waals surface area contributed by atoms with Crippen LogP contribution in [-0.2, 0) is 26.5 Å². The number of pyridine rings is 2. The topological polar surface area (TPSA) is 38.9 Å². The van der Waals surface area contributed by atoms with Gasteiger partial charge in [-0.05, 0) is 34.3 Å². The zero-order chi connectivity index (χ0) is 32.2. The molecule has 1 aliphatic carbocycles. The van der Waals surface area contributed by atoms with E-state index in [0.717, 1.165) is 55.9 Å². The summed E-state index contributed by atoms with van der Waals surface area (Å²) in [5, 5.41) is 2.16. The van der Waals surface area contributed by atoms with Gasteiger partial charge in [-0.2, -0.15) is 0 Å². The van der Waals surface area contributed by atoms with Crippen LogP contribution in [0.1, 0.15) is 31.2 Å². The molecular weight excluding hydrogens is 825 g/mol. The van der Waals surface area contributed by atoms with Gasteiger partial charge < -0.3 is 9.40 Å². The molecule has 243 valence electrons. The zero-order valence-corrected chi connectivity index (χ0v) is 32.3. The van der Waals surface area contributed by atoms with Crippen LogP contribution in [0.4, 0.5) is 0 Å². The summed E-state index contributed by atoms with van der Waals surface area (Å²) < 4.78 is 7.72. The Morgan fingerprint density at radius 2 is 1.52 bits per heavy atom. The Balaban J connectivity index is 0.000000165. The standard InChI is InChI=1S/C23H14NO.C20H26GeN.Ir/c1-2-7-16(8-3-1)17-12-13-19-22(15-17)25-21-11-6-9-18(23(19)21)20-10-4-5-14-24-20;1-21(2,3)19-15-22-20(17-11-5-4-6-12-17)14-18(19)13-16-9-7-8-10-16;/h1-8,10-15H;4-6,11,14-16H,7-10,13H2,1-3H3;/q2*-1;. The average molecular weight is 866 g/mol. The Morgan fingerprint density at radius 3 is 2.25 bits per heavy atom. The smallest absolute Gasteiger partial charge is 0.124 e. The van der Waals surface area contributed by atoms with Crippen LogP contribution in [-0.4, -0.2) is 23.2 Å². The van der Waals surface area contributed by atoms with E-state index in [4.69, 9.17) is 9.40 Å². The molecule has 3 aromatic heterocycles. The van der Waals surface area contributed by atoms with Gasteiger partial charge in [-0.25, -0.2) is 0 Å². The molecule has 1 fully saturated rings. The molecule has 3 nitrogen and oxygen atoms in total. The molecule has 0 bridgehead atoms. The summed E-state index contributed by atoms with van der Waals surface area (Å²) in [6, 6.07) is 43.7. The van der Waals surface area contributed by atoms with E-state index >= 15 is 0 Å². The van der Waals surface area contributed by atoms with Gasteiger partial charge in [0, 0.05) is 26.3 Å². The van der Waals surface area contributed by atoms with Crippen LogP contribution < -0.4 is 4.40 Å². The minimum absolute atomic E-state index is 0. The van der Waals surface area contributed by atoms with Crippen molar-refractivity contribution in [3.8, 4) is 33.6 Å². The molecule has 1 radical (unpaired) electrons. The average Bonchev–Trinajstić information content (AvgIpc) is 3.76. The molecule has 0 spiro atoms. The second-order valence-corrected chi connectivity index (χ2v) is 24.2. The summed E-state index contributed by atoms with van der Waals surface area (Å²) in [7, 11) is 0. The first-order valence-corrected chi connectivity index (χ1v) is 24.1. The van der Waals surface area contributed by atoms with Crippen molar-refractivity contribution < 1.29 is 24.5 Å². The second-order valence-electron chi connectivity index (χ2n) is 13.6. The third kappa shape index (κ3) is 7.57. The van der Waals surface area contributed by atoms with Gasteiger partial charge in [0.15, 0.2) is 0 Å². The number of aromatic nitrogens is 2. The molecule has 0 N–H and O–H groups in total. The fourth-order valence-electron chi connectivity index (χ4n) is 6.85. The third-order valence-electron chi connectivity index (χ3n) is 9.22. The number of hydrogen-bond acceptors (Lipinski definition) is 3. The van der Waals surface area contributed by atoms with E-state index in [-0.39, 0.29) is 20.1 Å². The summed E-state index contributed by atoms with van der Waals surface area (Å²) >= 11 is -1.87. The number of furan rings is 1. The monoisotopic (exact) mass is 867 g/mol. The van der Waals surface area contributed by atoms with Gasteiger partial charge in [0.1, 0.15) is 5.58 Å². The van der Waals surface area contributed by atoms with Crippen molar-refractivity contribution in [3.63, 3.8) is 0 Å². The molecule has 5 heteroatoms. The van der Waals surface area contributed by atoms with E-state index in [1.807, 2.05) is 60.7 Å². The Hall–Kier alpha value is -3.83. The van der Waals surface area contributed by atoms with E-state index in [2.05, 4.69) is 89.1 Å². The summed E-state index contributed by atoms with van der Waals surface area (Å²) in [4.78, 5) is 9.24. The van der Waals surface area contributed by atoms with E-state index in [9.17, 15) is 0 Å². The zero-order valence-electron chi connectivity index (χ0n) is 27.8. The number of nitrogens with zero attached hydrogens (tertiary/aromatic N) is 2. The molecule has 0 amide bonds. The summed E-state index contributed by atoms with van der Waals surface area (Å²) in [5.74, 6) is 8.31. The second kappa shape index (κ2) is 15.2. The fourth-order valence-corrected chi connectivity index (χ4v) is 10.2. The SMILES string of the molecule is [CH3][Ge]([CH3])([CH3])[c]1cnc(-c2[c-]cccc2)cc1CC1CCCC1.[Ir].[c-]1ccc2oc3cc(-c4ccccc4)ccc3c2c1-c1ccccn1. The van der Waals surface area contributed by atoms with Gasteiger partial charge >= 0.3 is 137 Å². The van der Waals surface area contributed by atoms with Gasteiger partial charge in [-0.1, -0.05) is 66.0 Å². The van der Waals surface area contributed by atoms with Crippen LogP contribution in [0.15, 0.2) is 126 Å². The summed E-state index contributed by atoms with van der Waals surface area (Å²) in [5.41, 5.74) is 9.73. The summed E-state index contributed by atoms with van der Waals surface area (Å²) in [6.07, 6.45) is 10.9. The third-order valence-corrected chi connectivity index (χ3v) is 13.6. The van der Waals surface area contributed by atoms with Crippen LogP contribution in [0, 0.1) is 18.1 Å². The molecule has 48 heavy (non-hydrogen) atoms. The van der Waals surface area contributed by atoms with Crippen molar-refractivity contribution >= 4 is 39.6 Å². The van der Waals surface area contributed by atoms with Gasteiger partial charge in [0.25, 0.3) is 0 Å². The Kier molecular flexibility index (Phi) is 10.8. The molecule has 0 unspecified atom stereocenters. The number of rotatable bonds is 6. The van der Waals surface area contributed by atoms with Crippen LogP contribution >= 0.6 is 0 Å². The fraction of sp³-hybridized carbons (Fsp3) is 0.209. The molecule has 3 heterocycles. The van der Waals surface area contributed by atoms with E-state index in [1.165, 1.54) is 37.7 Å². The van der Waals surface area contributed by atoms with Crippen LogP contribution in [0.25, 0.3) is 55.6 Å². The maximum absolute atomic E-state index is 6.13. The maximum Gasteiger partial charge on any atom is 0.124 e. The molecule has 0 atom stereocenters. The Bertz CT molecular complexity index is 2100. The number of hydrogen-bond donors (Lipinski definition) is 0. The van der Waals surface area contributed by atoms with Gasteiger partial charge in [-0.3, -0.25) is 0 Å². The molecule has 1 saturated carbocycles. The normalized spacial score (nSPS) is 13.2. The largest absolute Gasteiger partial charge is 0.476 e. The van der Waals surface area contributed by atoms with Gasteiger partial charge in [0.05, 0.1) is 5.58 Å². The van der Waals surface area contributed by atoms with E-state index in [0.29, 0.717) is 0 Å². The molecule has 0 saturated heterocycles. The van der Waals surface area contributed by atoms with Crippen molar-refractivity contribution in [2.45, 2.75) is 49.4 Å². The molecule has 7 aromatic rings. The minimum Gasteiger partial charge on any atom is -0.476 e. The molecule has 0 aliphatic heterocycles. The van der Waals surface area contributed by atoms with Crippen molar-refractivity contribution in [1.82, 2.24) is 9.97 Å². The van der Waals surface area contributed by atoms with Gasteiger partial charge in [0.2, 0.25) is 0 Å². The first kappa shape index (κ1) is 34.1. The van der Waals surface area contributed by atoms with E-state index in [1.54, 1.807) is 16.2 Å². The first-order valence-electron chi connectivity index (χ1n) is 16.7. The summed E-state index contributed by atoms with van der Waals surface area (Å²) in [6.45, 7) is 0. The quantitative estimate of drug-likeness (QED) is 0.123. The van der Waals surface area contributed by atoms with Crippen molar-refractivity contribution in [2.24, 2.45) is 5.92 Å². The van der Waals surface area contributed by atoms with Crippen molar-refractivity contribution in [2.75, 3.05) is 0 Å². The first-order chi connectivity index (χ1) is 22.9. The molecule has 4 aromatic carbocycles. The molecule has 1 aliphatic rings. The molecular formula is C43H40GeIrN2O-2. The Morgan fingerprint density at radius 1 is 0.729 bits per heavy atom. The van der Waals surface area contributed by atoms with Crippen LogP contribution in [0.2, 0.25) is 17.3 Å². The van der Waals surface area contributed by atoms with Crippen LogP contribution in [0.5, 0.6) is 0 Å². The number of fused-ring (bicyclic) bond motifs is 3.